The molecule has 1 aromatic carbocycles. The highest BCUT2D eigenvalue weighted by Gasteiger charge is 2.35. The summed E-state index contributed by atoms with van der Waals surface area (Å²) >= 11 is 0. The quantitative estimate of drug-likeness (QED) is 0.829. The van der Waals surface area contributed by atoms with Gasteiger partial charge in [-0.15, -0.1) is 0 Å². The summed E-state index contributed by atoms with van der Waals surface area (Å²) in [6.07, 6.45) is 0.862. The summed E-state index contributed by atoms with van der Waals surface area (Å²) in [4.78, 5) is 26.3. The van der Waals surface area contributed by atoms with Crippen molar-refractivity contribution in [2.45, 2.75) is 13.3 Å². The van der Waals surface area contributed by atoms with Crippen molar-refractivity contribution in [3.8, 4) is 5.75 Å². The van der Waals surface area contributed by atoms with Crippen molar-refractivity contribution in [1.82, 2.24) is 10.0 Å². The van der Waals surface area contributed by atoms with Crippen molar-refractivity contribution >= 4 is 17.5 Å². The largest absolute Gasteiger partial charge is 0.494 e. The number of hydrogen-bond acceptors (Lipinski definition) is 4. The second-order valence-electron chi connectivity index (χ2n) is 5.17. The van der Waals surface area contributed by atoms with Crippen LogP contribution in [0.25, 0.3) is 0 Å². The lowest BCUT2D eigenvalue weighted by Crippen LogP contribution is -2.44. The minimum atomic E-state index is -0.0211. The van der Waals surface area contributed by atoms with Gasteiger partial charge >= 0.3 is 0 Å². The van der Waals surface area contributed by atoms with Crippen molar-refractivity contribution < 1.29 is 14.3 Å². The Kier molecular flexibility index (Phi) is 3.68. The molecule has 0 atom stereocenters. The van der Waals surface area contributed by atoms with Crippen molar-refractivity contribution in [3.05, 3.63) is 24.3 Å². The second kappa shape index (κ2) is 5.63. The molecule has 2 saturated heterocycles. The van der Waals surface area contributed by atoms with Gasteiger partial charge in [0.25, 0.3) is 11.8 Å². The first kappa shape index (κ1) is 13.7. The maximum absolute atomic E-state index is 12.3. The summed E-state index contributed by atoms with van der Waals surface area (Å²) < 4.78 is 5.41. The van der Waals surface area contributed by atoms with Crippen LogP contribution in [0.4, 0.5) is 5.69 Å². The third-order valence-electron chi connectivity index (χ3n) is 3.77. The zero-order valence-corrected chi connectivity index (χ0v) is 12.1. The third kappa shape index (κ3) is 2.66. The summed E-state index contributed by atoms with van der Waals surface area (Å²) in [5.74, 6) is 0.748. The summed E-state index contributed by atoms with van der Waals surface area (Å²) in [7, 11) is 0. The van der Waals surface area contributed by atoms with Crippen LogP contribution in [0.3, 0.4) is 0 Å². The molecule has 0 bridgehead atoms. The van der Waals surface area contributed by atoms with Crippen LogP contribution in [0, 0.1) is 0 Å². The molecule has 0 radical (unpaired) electrons. The molecule has 0 N–H and O–H groups in total. The minimum absolute atomic E-state index is 0.0211. The van der Waals surface area contributed by atoms with Crippen LogP contribution in [0.5, 0.6) is 5.75 Å². The fraction of sp³-hybridized carbons (Fsp3) is 0.467. The lowest BCUT2D eigenvalue weighted by atomic mass is 10.2. The van der Waals surface area contributed by atoms with Gasteiger partial charge in [0.15, 0.2) is 0 Å². The van der Waals surface area contributed by atoms with Gasteiger partial charge in [0.05, 0.1) is 19.7 Å². The highest BCUT2D eigenvalue weighted by molar-refractivity contribution is 5.91. The Labute approximate surface area is 123 Å². The molecule has 2 aliphatic rings. The van der Waals surface area contributed by atoms with Crippen LogP contribution < -0.4 is 9.64 Å². The van der Waals surface area contributed by atoms with Gasteiger partial charge in [-0.3, -0.25) is 9.59 Å². The number of fused-ring (bicyclic) bond motifs is 1. The van der Waals surface area contributed by atoms with Crippen LogP contribution >= 0.6 is 0 Å². The summed E-state index contributed by atoms with van der Waals surface area (Å²) in [6, 6.07) is 7.49. The molecular weight excluding hydrogens is 270 g/mol. The average Bonchev–Trinajstić information content (AvgIpc) is 2.93. The van der Waals surface area contributed by atoms with Gasteiger partial charge in [-0.05, 0) is 37.6 Å². The van der Waals surface area contributed by atoms with E-state index in [1.807, 2.05) is 36.1 Å². The zero-order valence-electron chi connectivity index (χ0n) is 12.1. The average molecular weight is 289 g/mol. The van der Waals surface area contributed by atoms with Crippen molar-refractivity contribution in [2.75, 3.05) is 37.7 Å². The third-order valence-corrected chi connectivity index (χ3v) is 3.77. The van der Waals surface area contributed by atoms with E-state index in [9.17, 15) is 9.59 Å². The second-order valence-corrected chi connectivity index (χ2v) is 5.17. The van der Waals surface area contributed by atoms with Crippen molar-refractivity contribution in [2.24, 2.45) is 0 Å². The number of hydrogen-bond donors (Lipinski definition) is 0. The molecule has 6 heteroatoms. The van der Waals surface area contributed by atoms with Gasteiger partial charge in [-0.2, -0.15) is 0 Å². The molecule has 2 amide bonds. The number of ether oxygens (including phenoxy) is 1. The number of anilines is 1. The highest BCUT2D eigenvalue weighted by Crippen LogP contribution is 2.23. The molecule has 112 valence electrons. The van der Waals surface area contributed by atoms with E-state index in [0.717, 1.165) is 17.9 Å². The zero-order chi connectivity index (χ0) is 14.8. The minimum Gasteiger partial charge on any atom is -0.494 e. The number of rotatable bonds is 3. The molecular formula is C15H19N3O3. The smallest absolute Gasteiger partial charge is 0.260 e. The maximum atomic E-state index is 12.3. The molecule has 3 rings (SSSR count). The van der Waals surface area contributed by atoms with Gasteiger partial charge < -0.3 is 9.64 Å². The first-order valence-electron chi connectivity index (χ1n) is 7.27. The van der Waals surface area contributed by atoms with Gasteiger partial charge in [-0.1, -0.05) is 0 Å². The normalized spacial score (nSPS) is 18.8. The molecule has 2 fully saturated rings. The van der Waals surface area contributed by atoms with Gasteiger partial charge in [-0.25, -0.2) is 10.0 Å². The van der Waals surface area contributed by atoms with E-state index in [1.54, 1.807) is 10.0 Å². The molecule has 2 heterocycles. The molecule has 21 heavy (non-hydrogen) atoms. The Morgan fingerprint density at radius 1 is 1.00 bits per heavy atom. The van der Waals surface area contributed by atoms with Crippen LogP contribution in [-0.2, 0) is 9.59 Å². The number of amides is 2. The van der Waals surface area contributed by atoms with E-state index < -0.39 is 0 Å². The predicted octanol–water partition coefficient (Wildman–Crippen LogP) is 0.881. The van der Waals surface area contributed by atoms with Crippen LogP contribution in [0.15, 0.2) is 24.3 Å². The lowest BCUT2D eigenvalue weighted by molar-refractivity contribution is -0.153. The number of carbonyl (C=O) groups is 2. The Morgan fingerprint density at radius 2 is 1.57 bits per heavy atom. The van der Waals surface area contributed by atoms with E-state index in [1.165, 1.54) is 0 Å². The number of benzene rings is 1. The monoisotopic (exact) mass is 289 g/mol. The molecule has 1 aromatic rings. The van der Waals surface area contributed by atoms with Gasteiger partial charge in [0, 0.05) is 18.8 Å². The fourth-order valence-electron chi connectivity index (χ4n) is 2.78. The SMILES string of the molecule is CCOc1ccc(N2CC(=O)N3CCCN3C(=O)C2)cc1. The number of hydrazine groups is 1. The number of nitrogens with zero attached hydrogens (tertiary/aromatic N) is 3. The van der Waals surface area contributed by atoms with Crippen LogP contribution in [0.1, 0.15) is 13.3 Å². The standard InChI is InChI=1S/C15H19N3O3/c1-2-21-13-6-4-12(5-7-13)16-10-14(19)17-8-3-9-18(17)15(20)11-16/h4-7H,2-3,8-11H2,1H3. The predicted molar refractivity (Wildman–Crippen MR) is 77.9 cm³/mol. The summed E-state index contributed by atoms with van der Waals surface area (Å²) in [5, 5.41) is 3.16. The summed E-state index contributed by atoms with van der Waals surface area (Å²) in [6.45, 7) is 4.29. The molecule has 0 aliphatic carbocycles. The topological polar surface area (TPSA) is 53.1 Å². The Hall–Kier alpha value is -2.24. The molecule has 0 saturated carbocycles. The molecule has 6 nitrogen and oxygen atoms in total. The highest BCUT2D eigenvalue weighted by atomic mass is 16.5. The van der Waals surface area contributed by atoms with E-state index in [4.69, 9.17) is 4.74 Å². The van der Waals surface area contributed by atoms with E-state index in [0.29, 0.717) is 19.7 Å². The van der Waals surface area contributed by atoms with E-state index in [-0.39, 0.29) is 24.9 Å². The van der Waals surface area contributed by atoms with E-state index >= 15 is 0 Å². The number of carbonyl (C=O) groups excluding carboxylic acids is 2. The van der Waals surface area contributed by atoms with E-state index in [2.05, 4.69) is 0 Å². The first-order chi connectivity index (χ1) is 10.2. The fourth-order valence-corrected chi connectivity index (χ4v) is 2.78. The summed E-state index contributed by atoms with van der Waals surface area (Å²) in [5.41, 5.74) is 0.863. The Bertz CT molecular complexity index is 520. The lowest BCUT2D eigenvalue weighted by Gasteiger charge is -2.24. The van der Waals surface area contributed by atoms with Crippen molar-refractivity contribution in [3.63, 3.8) is 0 Å². The van der Waals surface area contributed by atoms with Crippen LogP contribution in [0.2, 0.25) is 0 Å². The van der Waals surface area contributed by atoms with Crippen LogP contribution in [-0.4, -0.2) is 54.6 Å². The first-order valence-corrected chi connectivity index (χ1v) is 7.27. The van der Waals surface area contributed by atoms with Crippen molar-refractivity contribution in [1.29, 1.82) is 0 Å². The van der Waals surface area contributed by atoms with Gasteiger partial charge in [0.1, 0.15) is 5.75 Å². The maximum Gasteiger partial charge on any atom is 0.260 e. The molecule has 0 aromatic heterocycles. The molecule has 0 spiro atoms. The molecule has 2 aliphatic heterocycles. The Balaban J connectivity index is 1.79. The Morgan fingerprint density at radius 3 is 2.10 bits per heavy atom. The molecule has 0 unspecified atom stereocenters. The van der Waals surface area contributed by atoms with Gasteiger partial charge in [0.2, 0.25) is 0 Å².